The van der Waals surface area contributed by atoms with Crippen LogP contribution in [0.5, 0.6) is 17.4 Å². The normalized spacial score (nSPS) is 14.2. The van der Waals surface area contributed by atoms with Crippen LogP contribution in [0.4, 0.5) is 0 Å². The van der Waals surface area contributed by atoms with Gasteiger partial charge in [0.2, 0.25) is 5.69 Å². The minimum Gasteiger partial charge on any atom is -0.490 e. The van der Waals surface area contributed by atoms with Gasteiger partial charge in [-0.1, -0.05) is 34.6 Å². The molecule has 1 fully saturated rings. The number of nitrogens with one attached hydrogen (secondary N) is 1. The van der Waals surface area contributed by atoms with Gasteiger partial charge in [-0.3, -0.25) is 0 Å². The largest absolute Gasteiger partial charge is 0.490 e. The van der Waals surface area contributed by atoms with E-state index in [4.69, 9.17) is 14.6 Å². The minimum atomic E-state index is -1.18. The first kappa shape index (κ1) is 17.1. The van der Waals surface area contributed by atoms with Crippen LogP contribution in [0.1, 0.15) is 36.2 Å². The fourth-order valence-corrected chi connectivity index (χ4v) is 3.20. The number of carboxylic acid groups (broad SMARTS) is 1. The molecule has 0 unspecified atom stereocenters. The van der Waals surface area contributed by atoms with Crippen molar-refractivity contribution in [1.29, 1.82) is 0 Å². The predicted octanol–water partition coefficient (Wildman–Crippen LogP) is 4.28. The van der Waals surface area contributed by atoms with Gasteiger partial charge in [0.1, 0.15) is 11.5 Å². The zero-order valence-corrected chi connectivity index (χ0v) is 14.6. The monoisotopic (exact) mass is 365 g/mol. The summed E-state index contributed by atoms with van der Waals surface area (Å²) < 4.78 is 11.6. The summed E-state index contributed by atoms with van der Waals surface area (Å²) in [4.78, 5) is 11.1. The fraction of sp³-hybridized carbons (Fsp3) is 0.250. The summed E-state index contributed by atoms with van der Waals surface area (Å²) in [5.74, 6) is 0.120. The van der Waals surface area contributed by atoms with Gasteiger partial charge in [0.25, 0.3) is 5.88 Å². The first-order valence-electron chi connectivity index (χ1n) is 8.88. The maximum absolute atomic E-state index is 11.1. The molecule has 2 aromatic carbocycles. The SMILES string of the molecule is O=C(O)c1[nH]nnc1Oc1ccc(-c2cccc(OC3CCCC3)c2)cc1. The molecule has 0 amide bonds. The molecule has 0 radical (unpaired) electrons. The Labute approximate surface area is 155 Å². The second-order valence-corrected chi connectivity index (χ2v) is 6.48. The average molecular weight is 365 g/mol. The maximum Gasteiger partial charge on any atom is 0.359 e. The van der Waals surface area contributed by atoms with Gasteiger partial charge < -0.3 is 14.6 Å². The zero-order chi connectivity index (χ0) is 18.6. The minimum absolute atomic E-state index is 0.0674. The number of hydrogen-bond donors (Lipinski definition) is 2. The van der Waals surface area contributed by atoms with Crippen molar-refractivity contribution in [1.82, 2.24) is 15.4 Å². The molecule has 3 aromatic rings. The van der Waals surface area contributed by atoms with Gasteiger partial charge in [0, 0.05) is 0 Å². The Morgan fingerprint density at radius 3 is 2.56 bits per heavy atom. The summed E-state index contributed by atoms with van der Waals surface area (Å²) in [6.45, 7) is 0. The standard InChI is InChI=1S/C20H19N3O4/c24-20(25)18-19(22-23-21-18)27-16-10-8-13(9-11-16)14-4-3-7-17(12-14)26-15-5-1-2-6-15/h3-4,7-12,15H,1-2,5-6H2,(H,24,25)(H,21,22,23). The first-order chi connectivity index (χ1) is 13.2. The van der Waals surface area contributed by atoms with E-state index in [2.05, 4.69) is 15.4 Å². The van der Waals surface area contributed by atoms with Crippen molar-refractivity contribution in [2.45, 2.75) is 31.8 Å². The van der Waals surface area contributed by atoms with Crippen molar-refractivity contribution in [2.75, 3.05) is 0 Å². The molecule has 0 atom stereocenters. The molecule has 0 saturated heterocycles. The molecule has 1 heterocycles. The van der Waals surface area contributed by atoms with Crippen molar-refractivity contribution in [3.05, 3.63) is 54.2 Å². The van der Waals surface area contributed by atoms with E-state index in [-0.39, 0.29) is 11.6 Å². The third-order valence-corrected chi connectivity index (χ3v) is 4.57. The van der Waals surface area contributed by atoms with Gasteiger partial charge >= 0.3 is 5.97 Å². The van der Waals surface area contributed by atoms with Crippen LogP contribution in [0.3, 0.4) is 0 Å². The number of aromatic nitrogens is 3. The number of aromatic carboxylic acids is 1. The Balaban J connectivity index is 1.48. The third kappa shape index (κ3) is 3.92. The Hall–Kier alpha value is -3.35. The lowest BCUT2D eigenvalue weighted by Crippen LogP contribution is -2.10. The Morgan fingerprint density at radius 1 is 1.04 bits per heavy atom. The average Bonchev–Trinajstić information content (AvgIpc) is 3.34. The fourth-order valence-electron chi connectivity index (χ4n) is 3.20. The molecule has 0 bridgehead atoms. The number of carbonyl (C=O) groups is 1. The van der Waals surface area contributed by atoms with Crippen LogP contribution in [-0.4, -0.2) is 32.6 Å². The number of nitrogens with zero attached hydrogens (tertiary/aromatic N) is 2. The highest BCUT2D eigenvalue weighted by atomic mass is 16.5. The molecule has 1 saturated carbocycles. The van der Waals surface area contributed by atoms with Crippen molar-refractivity contribution < 1.29 is 19.4 Å². The van der Waals surface area contributed by atoms with Crippen molar-refractivity contribution >= 4 is 5.97 Å². The van der Waals surface area contributed by atoms with E-state index < -0.39 is 5.97 Å². The highest BCUT2D eigenvalue weighted by Crippen LogP contribution is 2.30. The number of H-pyrrole nitrogens is 1. The lowest BCUT2D eigenvalue weighted by atomic mass is 10.1. The molecule has 0 aliphatic heterocycles. The van der Waals surface area contributed by atoms with E-state index in [1.54, 1.807) is 12.1 Å². The van der Waals surface area contributed by atoms with E-state index in [0.717, 1.165) is 29.7 Å². The Morgan fingerprint density at radius 2 is 1.81 bits per heavy atom. The zero-order valence-electron chi connectivity index (χ0n) is 14.6. The van der Waals surface area contributed by atoms with Crippen molar-refractivity contribution in [2.24, 2.45) is 0 Å². The van der Waals surface area contributed by atoms with Crippen LogP contribution in [0, 0.1) is 0 Å². The van der Waals surface area contributed by atoms with Gasteiger partial charge in [0.15, 0.2) is 0 Å². The molecule has 27 heavy (non-hydrogen) atoms. The second-order valence-electron chi connectivity index (χ2n) is 6.48. The molecule has 2 N–H and O–H groups in total. The molecule has 1 aromatic heterocycles. The van der Waals surface area contributed by atoms with Crippen LogP contribution in [0.25, 0.3) is 11.1 Å². The second kappa shape index (κ2) is 7.49. The summed E-state index contributed by atoms with van der Waals surface area (Å²) in [7, 11) is 0. The van der Waals surface area contributed by atoms with Crippen LogP contribution < -0.4 is 9.47 Å². The van der Waals surface area contributed by atoms with E-state index in [0.29, 0.717) is 11.9 Å². The van der Waals surface area contributed by atoms with Gasteiger partial charge in [-0.05, 0) is 61.1 Å². The Bertz CT molecular complexity index is 930. The molecule has 1 aliphatic carbocycles. The summed E-state index contributed by atoms with van der Waals surface area (Å²) >= 11 is 0. The number of aromatic amines is 1. The number of carboxylic acids is 1. The van der Waals surface area contributed by atoms with Gasteiger partial charge in [-0.25, -0.2) is 9.89 Å². The molecule has 138 valence electrons. The molecular weight excluding hydrogens is 346 g/mol. The molecular formula is C20H19N3O4. The van der Waals surface area contributed by atoms with E-state index in [9.17, 15) is 4.79 Å². The highest BCUT2D eigenvalue weighted by molar-refractivity contribution is 5.87. The molecule has 4 rings (SSSR count). The van der Waals surface area contributed by atoms with Crippen molar-refractivity contribution in [3.63, 3.8) is 0 Å². The molecule has 0 spiro atoms. The quantitative estimate of drug-likeness (QED) is 0.676. The summed E-state index contributed by atoms with van der Waals surface area (Å²) in [5, 5.41) is 18.5. The lowest BCUT2D eigenvalue weighted by Gasteiger charge is -2.14. The summed E-state index contributed by atoms with van der Waals surface area (Å²) in [6.07, 6.45) is 5.04. The lowest BCUT2D eigenvalue weighted by molar-refractivity contribution is 0.0687. The Kier molecular flexibility index (Phi) is 4.74. The van der Waals surface area contributed by atoms with Crippen LogP contribution in [0.2, 0.25) is 0 Å². The van der Waals surface area contributed by atoms with E-state index >= 15 is 0 Å². The van der Waals surface area contributed by atoms with E-state index in [1.165, 1.54) is 12.8 Å². The van der Waals surface area contributed by atoms with Gasteiger partial charge in [0.05, 0.1) is 6.10 Å². The van der Waals surface area contributed by atoms with Gasteiger partial charge in [-0.2, -0.15) is 0 Å². The van der Waals surface area contributed by atoms with E-state index in [1.807, 2.05) is 36.4 Å². The topological polar surface area (TPSA) is 97.3 Å². The number of rotatable bonds is 6. The summed E-state index contributed by atoms with van der Waals surface area (Å²) in [5.41, 5.74) is 1.87. The van der Waals surface area contributed by atoms with Gasteiger partial charge in [-0.15, -0.1) is 0 Å². The van der Waals surface area contributed by atoms with Crippen LogP contribution in [0.15, 0.2) is 48.5 Å². The predicted molar refractivity (Wildman–Crippen MR) is 98.2 cm³/mol. The maximum atomic E-state index is 11.1. The van der Waals surface area contributed by atoms with Crippen LogP contribution >= 0.6 is 0 Å². The van der Waals surface area contributed by atoms with Crippen molar-refractivity contribution in [3.8, 4) is 28.5 Å². The number of ether oxygens (including phenoxy) is 2. The molecule has 1 aliphatic rings. The highest BCUT2D eigenvalue weighted by Gasteiger charge is 2.17. The smallest absolute Gasteiger partial charge is 0.359 e. The third-order valence-electron chi connectivity index (χ3n) is 4.57. The summed E-state index contributed by atoms with van der Waals surface area (Å²) in [6, 6.07) is 15.4. The number of benzene rings is 2. The number of hydrogen-bond acceptors (Lipinski definition) is 5. The molecule has 7 heteroatoms. The first-order valence-corrected chi connectivity index (χ1v) is 8.88. The molecule has 7 nitrogen and oxygen atoms in total. The van der Waals surface area contributed by atoms with Crippen LogP contribution in [-0.2, 0) is 0 Å².